The zero-order valence-electron chi connectivity index (χ0n) is 13.7. The fraction of sp³-hybridized carbons (Fsp3) is 0.412. The third-order valence-electron chi connectivity index (χ3n) is 4.19. The number of halogens is 1. The summed E-state index contributed by atoms with van der Waals surface area (Å²) < 4.78 is 13.1. The average molecular weight is 331 g/mol. The number of urea groups is 1. The maximum Gasteiger partial charge on any atom is 0.315 e. The minimum atomic E-state index is -0.296. The molecular formula is C17H22FN5O. The molecule has 6 nitrogen and oxygen atoms in total. The molecule has 0 spiro atoms. The molecule has 2 heterocycles. The third kappa shape index (κ3) is 4.24. The predicted octanol–water partition coefficient (Wildman–Crippen LogP) is 2.33. The normalized spacial score (nSPS) is 15.3. The topological polar surface area (TPSA) is 73.1 Å². The van der Waals surface area contributed by atoms with E-state index in [9.17, 15) is 9.18 Å². The molecule has 2 aromatic rings. The highest BCUT2D eigenvalue weighted by atomic mass is 19.1. The van der Waals surface area contributed by atoms with Gasteiger partial charge in [-0.05, 0) is 37.5 Å². The number of amides is 2. The summed E-state index contributed by atoms with van der Waals surface area (Å²) in [6, 6.07) is 8.19. The number of anilines is 1. The van der Waals surface area contributed by atoms with E-state index in [2.05, 4.69) is 25.7 Å². The minimum absolute atomic E-state index is 0.147. The SMILES string of the molecule is Cc1cc(N2CCC(NC(=O)NCc3cccc(F)c3)CC2)n[nH]1. The van der Waals surface area contributed by atoms with Crippen LogP contribution >= 0.6 is 0 Å². The van der Waals surface area contributed by atoms with Crippen molar-refractivity contribution in [2.75, 3.05) is 18.0 Å². The van der Waals surface area contributed by atoms with Gasteiger partial charge < -0.3 is 15.5 Å². The van der Waals surface area contributed by atoms with Crippen molar-refractivity contribution < 1.29 is 9.18 Å². The molecule has 2 amide bonds. The highest BCUT2D eigenvalue weighted by Crippen LogP contribution is 2.18. The number of carbonyl (C=O) groups is 1. The average Bonchev–Trinajstić information content (AvgIpc) is 3.00. The number of carbonyl (C=O) groups excluding carboxylic acids is 1. The number of hydrogen-bond donors (Lipinski definition) is 3. The Morgan fingerprint density at radius 1 is 1.38 bits per heavy atom. The smallest absolute Gasteiger partial charge is 0.315 e. The van der Waals surface area contributed by atoms with E-state index >= 15 is 0 Å². The predicted molar refractivity (Wildman–Crippen MR) is 90.3 cm³/mol. The highest BCUT2D eigenvalue weighted by molar-refractivity contribution is 5.74. The van der Waals surface area contributed by atoms with Crippen molar-refractivity contribution in [1.82, 2.24) is 20.8 Å². The third-order valence-corrected chi connectivity index (χ3v) is 4.19. The molecule has 0 unspecified atom stereocenters. The Bertz CT molecular complexity index is 694. The van der Waals surface area contributed by atoms with Crippen molar-refractivity contribution in [3.8, 4) is 0 Å². The summed E-state index contributed by atoms with van der Waals surface area (Å²) in [7, 11) is 0. The molecule has 1 fully saturated rings. The Morgan fingerprint density at radius 3 is 2.83 bits per heavy atom. The lowest BCUT2D eigenvalue weighted by molar-refractivity contribution is 0.234. The molecule has 3 rings (SSSR count). The first kappa shape index (κ1) is 16.3. The largest absolute Gasteiger partial charge is 0.355 e. The molecule has 1 aliphatic rings. The number of nitrogens with zero attached hydrogens (tertiary/aromatic N) is 2. The fourth-order valence-electron chi connectivity index (χ4n) is 2.88. The molecule has 0 saturated carbocycles. The van der Waals surface area contributed by atoms with Crippen molar-refractivity contribution in [1.29, 1.82) is 0 Å². The zero-order chi connectivity index (χ0) is 16.9. The molecule has 128 valence electrons. The van der Waals surface area contributed by atoms with Crippen LogP contribution in [0.2, 0.25) is 0 Å². The van der Waals surface area contributed by atoms with Crippen molar-refractivity contribution in [2.24, 2.45) is 0 Å². The number of aromatic amines is 1. The van der Waals surface area contributed by atoms with Gasteiger partial charge in [-0.15, -0.1) is 0 Å². The van der Waals surface area contributed by atoms with E-state index in [1.165, 1.54) is 12.1 Å². The van der Waals surface area contributed by atoms with Gasteiger partial charge in [0.05, 0.1) is 0 Å². The minimum Gasteiger partial charge on any atom is -0.355 e. The lowest BCUT2D eigenvalue weighted by Crippen LogP contribution is -2.47. The van der Waals surface area contributed by atoms with Gasteiger partial charge in [0.15, 0.2) is 5.82 Å². The van der Waals surface area contributed by atoms with Crippen LogP contribution in [0.3, 0.4) is 0 Å². The zero-order valence-corrected chi connectivity index (χ0v) is 13.7. The molecule has 0 atom stereocenters. The number of hydrogen-bond acceptors (Lipinski definition) is 3. The van der Waals surface area contributed by atoms with E-state index in [0.29, 0.717) is 6.54 Å². The highest BCUT2D eigenvalue weighted by Gasteiger charge is 2.21. The molecule has 0 bridgehead atoms. The molecule has 1 saturated heterocycles. The van der Waals surface area contributed by atoms with Crippen LogP contribution in [0.1, 0.15) is 24.1 Å². The molecule has 0 aliphatic carbocycles. The standard InChI is InChI=1S/C17H22FN5O/c1-12-9-16(22-21-12)23-7-5-15(6-8-23)20-17(24)19-11-13-3-2-4-14(18)10-13/h2-4,9-10,15H,5-8,11H2,1H3,(H,21,22)(H2,19,20,24). The Hall–Kier alpha value is -2.57. The Labute approximate surface area is 140 Å². The van der Waals surface area contributed by atoms with E-state index in [0.717, 1.165) is 43.0 Å². The van der Waals surface area contributed by atoms with Gasteiger partial charge in [0.1, 0.15) is 5.82 Å². The summed E-state index contributed by atoms with van der Waals surface area (Å²) in [6.07, 6.45) is 1.75. The maximum absolute atomic E-state index is 13.1. The van der Waals surface area contributed by atoms with Gasteiger partial charge in [-0.3, -0.25) is 5.10 Å². The van der Waals surface area contributed by atoms with Crippen LogP contribution < -0.4 is 15.5 Å². The summed E-state index contributed by atoms with van der Waals surface area (Å²) in [6.45, 7) is 4.01. The van der Waals surface area contributed by atoms with Gasteiger partial charge in [-0.1, -0.05) is 12.1 Å². The van der Waals surface area contributed by atoms with E-state index < -0.39 is 0 Å². The van der Waals surface area contributed by atoms with Gasteiger partial charge in [-0.25, -0.2) is 9.18 Å². The summed E-state index contributed by atoms with van der Waals surface area (Å²) >= 11 is 0. The van der Waals surface area contributed by atoms with Crippen molar-refractivity contribution in [3.05, 3.63) is 47.4 Å². The molecule has 1 aliphatic heterocycles. The Balaban J connectivity index is 1.41. The maximum atomic E-state index is 13.1. The first-order chi connectivity index (χ1) is 11.6. The number of rotatable bonds is 4. The number of aromatic nitrogens is 2. The van der Waals surface area contributed by atoms with Gasteiger partial charge in [0, 0.05) is 37.4 Å². The monoisotopic (exact) mass is 331 g/mol. The second-order valence-corrected chi connectivity index (χ2v) is 6.13. The number of benzene rings is 1. The van der Waals surface area contributed by atoms with Gasteiger partial charge in [0.25, 0.3) is 0 Å². The molecule has 24 heavy (non-hydrogen) atoms. The first-order valence-corrected chi connectivity index (χ1v) is 8.16. The van der Waals surface area contributed by atoms with Crippen LogP contribution in [0.15, 0.2) is 30.3 Å². The van der Waals surface area contributed by atoms with E-state index in [-0.39, 0.29) is 17.9 Å². The number of piperidine rings is 1. The van der Waals surface area contributed by atoms with Gasteiger partial charge in [-0.2, -0.15) is 5.10 Å². The molecule has 1 aromatic carbocycles. The molecule has 1 aromatic heterocycles. The van der Waals surface area contributed by atoms with Gasteiger partial charge >= 0.3 is 6.03 Å². The summed E-state index contributed by atoms with van der Waals surface area (Å²) in [4.78, 5) is 14.2. The summed E-state index contributed by atoms with van der Waals surface area (Å²) in [5, 5.41) is 13.0. The van der Waals surface area contributed by atoms with Crippen LogP contribution in [-0.2, 0) is 6.54 Å². The van der Waals surface area contributed by atoms with Crippen LogP contribution in [0.5, 0.6) is 0 Å². The van der Waals surface area contributed by atoms with Crippen LogP contribution in [0.25, 0.3) is 0 Å². The van der Waals surface area contributed by atoms with E-state index in [1.54, 1.807) is 12.1 Å². The molecule has 0 radical (unpaired) electrons. The van der Waals surface area contributed by atoms with E-state index in [1.807, 2.05) is 13.0 Å². The van der Waals surface area contributed by atoms with Crippen molar-refractivity contribution in [3.63, 3.8) is 0 Å². The lowest BCUT2D eigenvalue weighted by atomic mass is 10.1. The fourth-order valence-corrected chi connectivity index (χ4v) is 2.88. The van der Waals surface area contributed by atoms with Crippen LogP contribution in [-0.4, -0.2) is 35.4 Å². The van der Waals surface area contributed by atoms with E-state index in [4.69, 9.17) is 0 Å². The first-order valence-electron chi connectivity index (χ1n) is 8.16. The number of H-pyrrole nitrogens is 1. The van der Waals surface area contributed by atoms with Crippen molar-refractivity contribution in [2.45, 2.75) is 32.4 Å². The molecule has 3 N–H and O–H groups in total. The van der Waals surface area contributed by atoms with Crippen molar-refractivity contribution >= 4 is 11.8 Å². The van der Waals surface area contributed by atoms with Gasteiger partial charge in [0.2, 0.25) is 0 Å². The Morgan fingerprint density at radius 2 is 2.17 bits per heavy atom. The number of nitrogens with one attached hydrogen (secondary N) is 3. The quantitative estimate of drug-likeness (QED) is 0.805. The second kappa shape index (κ2) is 7.33. The van der Waals surface area contributed by atoms with Crippen LogP contribution in [0, 0.1) is 12.7 Å². The summed E-state index contributed by atoms with van der Waals surface area (Å²) in [5.41, 5.74) is 1.79. The molecular weight excluding hydrogens is 309 g/mol. The summed E-state index contributed by atoms with van der Waals surface area (Å²) in [5.74, 6) is 0.664. The lowest BCUT2D eigenvalue weighted by Gasteiger charge is -2.32. The second-order valence-electron chi connectivity index (χ2n) is 6.13. The number of aryl methyl sites for hydroxylation is 1. The van der Waals surface area contributed by atoms with Crippen LogP contribution in [0.4, 0.5) is 15.0 Å². The molecule has 7 heteroatoms. The Kier molecular flexibility index (Phi) is 4.98.